The summed E-state index contributed by atoms with van der Waals surface area (Å²) in [6.07, 6.45) is 0. The van der Waals surface area contributed by atoms with Gasteiger partial charge in [0, 0.05) is 29.4 Å². The maximum atomic E-state index is 12.8. The van der Waals surface area contributed by atoms with Gasteiger partial charge in [0.2, 0.25) is 0 Å². The summed E-state index contributed by atoms with van der Waals surface area (Å²) in [7, 11) is 1.54. The van der Waals surface area contributed by atoms with E-state index in [2.05, 4.69) is 10.2 Å². The van der Waals surface area contributed by atoms with Gasteiger partial charge in [-0.25, -0.2) is 0 Å². The fraction of sp³-hybridized carbons (Fsp3) is 0.240. The van der Waals surface area contributed by atoms with Crippen molar-refractivity contribution in [2.24, 2.45) is 0 Å². The third-order valence-electron chi connectivity index (χ3n) is 5.29. The molecule has 1 heterocycles. The highest BCUT2D eigenvalue weighted by atomic mass is 35.5. The number of hydrogen-bond acceptors (Lipinski definition) is 5. The number of nitrogens with zero attached hydrogens (tertiary/aromatic N) is 1. The maximum Gasteiger partial charge on any atom is 0.255 e. The first-order chi connectivity index (χ1) is 16.0. The monoisotopic (exact) mass is 486 g/mol. The van der Waals surface area contributed by atoms with E-state index in [-0.39, 0.29) is 5.91 Å². The largest absolute Gasteiger partial charge is 0.493 e. The van der Waals surface area contributed by atoms with Crippen LogP contribution < -0.4 is 19.7 Å². The van der Waals surface area contributed by atoms with Crippen LogP contribution in [0.25, 0.3) is 0 Å². The Morgan fingerprint density at radius 2 is 1.76 bits per heavy atom. The van der Waals surface area contributed by atoms with Crippen molar-refractivity contribution in [3.05, 3.63) is 81.8 Å². The van der Waals surface area contributed by atoms with Gasteiger partial charge in [-0.15, -0.1) is 0 Å². The van der Waals surface area contributed by atoms with E-state index in [1.54, 1.807) is 24.3 Å². The third kappa shape index (κ3) is 5.90. The third-order valence-corrected chi connectivity index (χ3v) is 5.85. The van der Waals surface area contributed by atoms with Crippen molar-refractivity contribution in [1.82, 2.24) is 0 Å². The molecule has 0 aromatic heterocycles. The van der Waals surface area contributed by atoms with E-state index in [0.29, 0.717) is 52.6 Å². The molecule has 1 aliphatic rings. The molecule has 3 aromatic rings. The Balaban J connectivity index is 1.42. The van der Waals surface area contributed by atoms with Gasteiger partial charge in [-0.2, -0.15) is 0 Å². The van der Waals surface area contributed by atoms with E-state index >= 15 is 0 Å². The second-order valence-corrected chi connectivity index (χ2v) is 8.34. The van der Waals surface area contributed by atoms with Crippen LogP contribution in [0.15, 0.2) is 60.7 Å². The lowest BCUT2D eigenvalue weighted by Gasteiger charge is -2.29. The molecule has 6 nitrogen and oxygen atoms in total. The first-order valence-electron chi connectivity index (χ1n) is 10.5. The molecule has 1 fully saturated rings. The molecule has 0 aliphatic carbocycles. The highest BCUT2D eigenvalue weighted by molar-refractivity contribution is 6.33. The molecule has 8 heteroatoms. The molecule has 3 aromatic carbocycles. The molecule has 172 valence electrons. The van der Waals surface area contributed by atoms with Crippen molar-refractivity contribution in [3.63, 3.8) is 0 Å². The summed E-state index contributed by atoms with van der Waals surface area (Å²) in [5.74, 6) is 0.743. The normalized spacial score (nSPS) is 13.5. The first kappa shape index (κ1) is 23.2. The lowest BCUT2D eigenvalue weighted by molar-refractivity contribution is 0.102. The minimum atomic E-state index is -0.271. The number of amides is 1. The fourth-order valence-corrected chi connectivity index (χ4v) is 3.94. The molecule has 0 saturated carbocycles. The number of morpholine rings is 1. The predicted octanol–water partition coefficient (Wildman–Crippen LogP) is 5.67. The maximum absolute atomic E-state index is 12.8. The Morgan fingerprint density at radius 1 is 1.00 bits per heavy atom. The predicted molar refractivity (Wildman–Crippen MR) is 131 cm³/mol. The lowest BCUT2D eigenvalue weighted by atomic mass is 10.1. The van der Waals surface area contributed by atoms with Crippen LogP contribution in [0, 0.1) is 0 Å². The zero-order valence-corrected chi connectivity index (χ0v) is 19.7. The van der Waals surface area contributed by atoms with Crippen LogP contribution in [0.3, 0.4) is 0 Å². The summed E-state index contributed by atoms with van der Waals surface area (Å²) in [6.45, 7) is 3.29. The van der Waals surface area contributed by atoms with Gasteiger partial charge in [0.15, 0.2) is 11.5 Å². The number of carbonyl (C=O) groups is 1. The Morgan fingerprint density at radius 3 is 2.45 bits per heavy atom. The van der Waals surface area contributed by atoms with Crippen molar-refractivity contribution in [1.29, 1.82) is 0 Å². The number of ether oxygens (including phenoxy) is 3. The van der Waals surface area contributed by atoms with Crippen LogP contribution in [0.1, 0.15) is 15.9 Å². The quantitative estimate of drug-likeness (QED) is 0.466. The number of carbonyl (C=O) groups excluding carboxylic acids is 1. The summed E-state index contributed by atoms with van der Waals surface area (Å²) < 4.78 is 16.7. The van der Waals surface area contributed by atoms with Crippen molar-refractivity contribution >= 4 is 40.5 Å². The van der Waals surface area contributed by atoms with E-state index in [1.807, 2.05) is 36.4 Å². The van der Waals surface area contributed by atoms with Gasteiger partial charge in [-0.05, 0) is 54.1 Å². The molecule has 1 aliphatic heterocycles. The van der Waals surface area contributed by atoms with Crippen LogP contribution in [-0.4, -0.2) is 39.3 Å². The lowest BCUT2D eigenvalue weighted by Crippen LogP contribution is -2.36. The van der Waals surface area contributed by atoms with E-state index < -0.39 is 0 Å². The molecule has 0 unspecified atom stereocenters. The summed E-state index contributed by atoms with van der Waals surface area (Å²) >= 11 is 12.4. The van der Waals surface area contributed by atoms with Crippen LogP contribution >= 0.6 is 23.2 Å². The molecule has 0 bridgehead atoms. The SMILES string of the molecule is COc1cc(C(=O)Nc2ccc(N3CCOCC3)c(Cl)c2)ccc1OCc1ccc(Cl)cc1. The number of halogens is 2. The van der Waals surface area contributed by atoms with Crippen molar-refractivity contribution in [2.45, 2.75) is 6.61 Å². The Hall–Kier alpha value is -2.93. The molecule has 33 heavy (non-hydrogen) atoms. The second-order valence-electron chi connectivity index (χ2n) is 7.50. The van der Waals surface area contributed by atoms with Gasteiger partial charge in [-0.1, -0.05) is 35.3 Å². The molecule has 0 radical (unpaired) electrons. The first-order valence-corrected chi connectivity index (χ1v) is 11.3. The summed E-state index contributed by atoms with van der Waals surface area (Å²) in [5, 5.41) is 4.14. The van der Waals surface area contributed by atoms with Gasteiger partial charge in [0.1, 0.15) is 6.61 Å². The standard InChI is InChI=1S/C25H24Cl2N2O4/c1-31-24-14-18(4-9-23(24)33-16-17-2-5-19(26)6-3-17)25(30)28-20-7-8-22(21(27)15-20)29-10-12-32-13-11-29/h2-9,14-15H,10-13,16H2,1H3,(H,28,30). The van der Waals surface area contributed by atoms with Gasteiger partial charge >= 0.3 is 0 Å². The summed E-state index contributed by atoms with van der Waals surface area (Å²) in [6, 6.07) is 18.0. The van der Waals surface area contributed by atoms with Gasteiger partial charge < -0.3 is 24.4 Å². The molecular weight excluding hydrogens is 463 g/mol. The molecule has 1 saturated heterocycles. The van der Waals surface area contributed by atoms with E-state index in [4.69, 9.17) is 37.4 Å². The number of hydrogen-bond donors (Lipinski definition) is 1. The van der Waals surface area contributed by atoms with Crippen molar-refractivity contribution < 1.29 is 19.0 Å². The average molecular weight is 487 g/mol. The summed E-state index contributed by atoms with van der Waals surface area (Å²) in [5.41, 5.74) is 2.96. The van der Waals surface area contributed by atoms with Gasteiger partial charge in [0.25, 0.3) is 5.91 Å². The fourth-order valence-electron chi connectivity index (χ4n) is 3.52. The highest BCUT2D eigenvalue weighted by Crippen LogP contribution is 2.31. The van der Waals surface area contributed by atoms with Crippen molar-refractivity contribution in [2.75, 3.05) is 43.6 Å². The Labute approximate surface area is 203 Å². The Kier molecular flexibility index (Phi) is 7.60. The number of anilines is 2. The highest BCUT2D eigenvalue weighted by Gasteiger charge is 2.16. The van der Waals surface area contributed by atoms with Crippen LogP contribution in [0.2, 0.25) is 10.0 Å². The van der Waals surface area contributed by atoms with Crippen LogP contribution in [0.5, 0.6) is 11.5 Å². The minimum Gasteiger partial charge on any atom is -0.493 e. The zero-order chi connectivity index (χ0) is 23.2. The Bertz CT molecular complexity index is 1120. The smallest absolute Gasteiger partial charge is 0.255 e. The average Bonchev–Trinajstić information content (AvgIpc) is 2.84. The van der Waals surface area contributed by atoms with E-state index in [0.717, 1.165) is 24.3 Å². The minimum absolute atomic E-state index is 0.271. The molecule has 1 N–H and O–H groups in total. The van der Waals surface area contributed by atoms with E-state index in [1.165, 1.54) is 7.11 Å². The molecule has 0 spiro atoms. The summed E-state index contributed by atoms with van der Waals surface area (Å²) in [4.78, 5) is 15.0. The van der Waals surface area contributed by atoms with Gasteiger partial charge in [-0.3, -0.25) is 4.79 Å². The molecule has 0 atom stereocenters. The number of nitrogens with one attached hydrogen (secondary N) is 1. The van der Waals surface area contributed by atoms with Crippen LogP contribution in [0.4, 0.5) is 11.4 Å². The van der Waals surface area contributed by atoms with Gasteiger partial charge in [0.05, 0.1) is 31.0 Å². The number of rotatable bonds is 7. The van der Waals surface area contributed by atoms with E-state index in [9.17, 15) is 4.79 Å². The number of methoxy groups -OCH3 is 1. The number of benzene rings is 3. The molecule has 4 rings (SSSR count). The van der Waals surface area contributed by atoms with Crippen molar-refractivity contribution in [3.8, 4) is 11.5 Å². The molecule has 1 amide bonds. The second kappa shape index (κ2) is 10.8. The zero-order valence-electron chi connectivity index (χ0n) is 18.1. The van der Waals surface area contributed by atoms with Crippen LogP contribution in [-0.2, 0) is 11.3 Å². The topological polar surface area (TPSA) is 60.0 Å². The molecular formula is C25H24Cl2N2O4.